The molecule has 2 aromatic heterocycles. The van der Waals surface area contributed by atoms with Gasteiger partial charge in [0.2, 0.25) is 5.95 Å². The first-order valence-corrected chi connectivity index (χ1v) is 6.01. The van der Waals surface area contributed by atoms with Gasteiger partial charge in [-0.3, -0.25) is 4.57 Å². The number of halogens is 1. The van der Waals surface area contributed by atoms with Crippen molar-refractivity contribution >= 4 is 22.5 Å². The van der Waals surface area contributed by atoms with Gasteiger partial charge >= 0.3 is 0 Å². The molecular formula is C12H13FN4O3. The molecule has 1 aliphatic carbocycles. The number of nitrogen functional groups attached to an aromatic ring is 1. The summed E-state index contributed by atoms with van der Waals surface area (Å²) in [6.45, 7) is -0.299. The molecule has 2 heterocycles. The van der Waals surface area contributed by atoms with Gasteiger partial charge in [0.15, 0.2) is 5.82 Å². The van der Waals surface area contributed by atoms with E-state index in [1.54, 1.807) is 0 Å². The molecule has 20 heavy (non-hydrogen) atoms. The van der Waals surface area contributed by atoms with Crippen LogP contribution in [-0.4, -0.2) is 48.7 Å². The minimum absolute atomic E-state index is 0.0499. The highest BCUT2D eigenvalue weighted by atomic mass is 19.1. The standard InChI is InChI=1S/C12H13FN4O3/c13-8-2-6-9(12(14)16-8)15-4-17(6)7-1-5(3-18)10(19)11(7)20/h1-2,4-5,10-11,18-20H,3H2,(H2,14,16)/t5-,10-,11+/m1/s1. The van der Waals surface area contributed by atoms with Gasteiger partial charge in [0.05, 0.1) is 23.9 Å². The van der Waals surface area contributed by atoms with Crippen LogP contribution in [-0.2, 0) is 0 Å². The number of rotatable bonds is 2. The Morgan fingerprint density at radius 1 is 1.40 bits per heavy atom. The zero-order chi connectivity index (χ0) is 14.4. The van der Waals surface area contributed by atoms with E-state index in [1.165, 1.54) is 17.0 Å². The second-order valence-electron chi connectivity index (χ2n) is 4.69. The van der Waals surface area contributed by atoms with Gasteiger partial charge in [-0.15, -0.1) is 0 Å². The molecule has 7 nitrogen and oxygen atoms in total. The number of aromatic nitrogens is 3. The molecule has 0 radical (unpaired) electrons. The predicted octanol–water partition coefficient (Wildman–Crippen LogP) is -0.663. The molecule has 0 saturated heterocycles. The Hall–Kier alpha value is -2.03. The summed E-state index contributed by atoms with van der Waals surface area (Å²) in [6, 6.07) is 1.14. The number of hydrogen-bond acceptors (Lipinski definition) is 6. The number of nitrogens with two attached hydrogens (primary N) is 1. The molecule has 0 bridgehead atoms. The van der Waals surface area contributed by atoms with Crippen LogP contribution in [0.15, 0.2) is 18.5 Å². The highest BCUT2D eigenvalue weighted by Crippen LogP contribution is 2.31. The summed E-state index contributed by atoms with van der Waals surface area (Å²) >= 11 is 0. The van der Waals surface area contributed by atoms with E-state index in [1.807, 2.05) is 0 Å². The van der Waals surface area contributed by atoms with Crippen LogP contribution < -0.4 is 5.73 Å². The van der Waals surface area contributed by atoms with Crippen LogP contribution in [0.4, 0.5) is 10.2 Å². The van der Waals surface area contributed by atoms with Crippen LogP contribution in [0.3, 0.4) is 0 Å². The van der Waals surface area contributed by atoms with E-state index < -0.39 is 24.1 Å². The van der Waals surface area contributed by atoms with Gasteiger partial charge in [0.1, 0.15) is 17.9 Å². The molecule has 0 saturated carbocycles. The van der Waals surface area contributed by atoms with Gasteiger partial charge in [0, 0.05) is 12.0 Å². The van der Waals surface area contributed by atoms with Crippen molar-refractivity contribution in [2.45, 2.75) is 12.2 Å². The summed E-state index contributed by atoms with van der Waals surface area (Å²) < 4.78 is 14.8. The number of hydrogen-bond donors (Lipinski definition) is 4. The lowest BCUT2D eigenvalue weighted by atomic mass is 10.1. The van der Waals surface area contributed by atoms with Crippen molar-refractivity contribution in [1.29, 1.82) is 0 Å². The molecule has 0 aromatic carbocycles. The van der Waals surface area contributed by atoms with Gasteiger partial charge in [-0.1, -0.05) is 6.08 Å². The fourth-order valence-corrected chi connectivity index (χ4v) is 2.42. The third kappa shape index (κ3) is 1.77. The van der Waals surface area contributed by atoms with Crippen molar-refractivity contribution in [2.24, 2.45) is 5.92 Å². The third-order valence-electron chi connectivity index (χ3n) is 3.47. The number of aliphatic hydroxyl groups excluding tert-OH is 3. The van der Waals surface area contributed by atoms with Crippen LogP contribution in [0.25, 0.3) is 16.7 Å². The van der Waals surface area contributed by atoms with Crippen LogP contribution in [0.2, 0.25) is 0 Å². The fourth-order valence-electron chi connectivity index (χ4n) is 2.42. The van der Waals surface area contributed by atoms with Gasteiger partial charge < -0.3 is 21.1 Å². The van der Waals surface area contributed by atoms with E-state index in [2.05, 4.69) is 9.97 Å². The summed E-state index contributed by atoms with van der Waals surface area (Å²) in [7, 11) is 0. The molecular weight excluding hydrogens is 267 g/mol. The molecule has 2 aromatic rings. The highest BCUT2D eigenvalue weighted by Gasteiger charge is 2.35. The molecule has 3 rings (SSSR count). The van der Waals surface area contributed by atoms with Crippen molar-refractivity contribution in [2.75, 3.05) is 12.3 Å². The number of nitrogens with zero attached hydrogens (tertiary/aromatic N) is 3. The Balaban J connectivity index is 2.16. The third-order valence-corrected chi connectivity index (χ3v) is 3.47. The number of aliphatic hydroxyl groups is 3. The van der Waals surface area contributed by atoms with Crippen molar-refractivity contribution in [3.63, 3.8) is 0 Å². The molecule has 106 valence electrons. The van der Waals surface area contributed by atoms with E-state index in [4.69, 9.17) is 10.8 Å². The Bertz CT molecular complexity index is 699. The zero-order valence-corrected chi connectivity index (χ0v) is 10.3. The first-order chi connectivity index (χ1) is 9.52. The van der Waals surface area contributed by atoms with Gasteiger partial charge in [-0.25, -0.2) is 9.97 Å². The quantitative estimate of drug-likeness (QED) is 0.542. The van der Waals surface area contributed by atoms with Crippen molar-refractivity contribution in [3.8, 4) is 0 Å². The summed E-state index contributed by atoms with van der Waals surface area (Å²) in [5.41, 5.74) is 6.56. The van der Waals surface area contributed by atoms with Gasteiger partial charge in [-0.2, -0.15) is 4.39 Å². The summed E-state index contributed by atoms with van der Waals surface area (Å²) in [6.07, 6.45) is 0.591. The number of pyridine rings is 1. The second kappa shape index (κ2) is 4.51. The summed E-state index contributed by atoms with van der Waals surface area (Å²) in [5, 5.41) is 29.0. The molecule has 0 amide bonds. The topological polar surface area (TPSA) is 117 Å². The average molecular weight is 280 g/mol. The summed E-state index contributed by atoms with van der Waals surface area (Å²) in [4.78, 5) is 7.50. The van der Waals surface area contributed by atoms with Crippen molar-refractivity contribution in [3.05, 3.63) is 24.4 Å². The molecule has 0 spiro atoms. The lowest BCUT2D eigenvalue weighted by Gasteiger charge is -2.16. The largest absolute Gasteiger partial charge is 0.396 e. The SMILES string of the molecule is Nc1nc(F)cc2c1ncn2C1=C[C@H](CO)[C@@H](O)[C@H]1O. The van der Waals surface area contributed by atoms with E-state index in [-0.39, 0.29) is 12.4 Å². The predicted molar refractivity (Wildman–Crippen MR) is 68.8 cm³/mol. The molecule has 8 heteroatoms. The maximum atomic E-state index is 13.4. The molecule has 0 unspecified atom stereocenters. The minimum atomic E-state index is -1.19. The Kier molecular flexibility index (Phi) is 2.93. The van der Waals surface area contributed by atoms with E-state index in [9.17, 15) is 14.6 Å². The van der Waals surface area contributed by atoms with Gasteiger partial charge in [0.25, 0.3) is 0 Å². The van der Waals surface area contributed by atoms with Crippen molar-refractivity contribution in [1.82, 2.24) is 14.5 Å². The van der Waals surface area contributed by atoms with Crippen LogP contribution in [0.1, 0.15) is 0 Å². The van der Waals surface area contributed by atoms with E-state index in [0.717, 1.165) is 6.07 Å². The number of fused-ring (bicyclic) bond motifs is 1. The van der Waals surface area contributed by atoms with E-state index in [0.29, 0.717) is 16.7 Å². The number of anilines is 1. The highest BCUT2D eigenvalue weighted by molar-refractivity contribution is 5.87. The van der Waals surface area contributed by atoms with E-state index >= 15 is 0 Å². The molecule has 1 aliphatic rings. The smallest absolute Gasteiger partial charge is 0.217 e. The maximum Gasteiger partial charge on any atom is 0.217 e. The second-order valence-corrected chi connectivity index (χ2v) is 4.69. The van der Waals surface area contributed by atoms with Crippen molar-refractivity contribution < 1.29 is 19.7 Å². The van der Waals surface area contributed by atoms with Crippen LogP contribution in [0.5, 0.6) is 0 Å². The Morgan fingerprint density at radius 3 is 2.80 bits per heavy atom. The lowest BCUT2D eigenvalue weighted by molar-refractivity contribution is 0.0199. The monoisotopic (exact) mass is 280 g/mol. The fraction of sp³-hybridized carbons (Fsp3) is 0.333. The molecule has 0 aliphatic heterocycles. The number of imidazole rings is 1. The van der Waals surface area contributed by atoms with Crippen LogP contribution in [0, 0.1) is 11.9 Å². The normalized spacial score (nSPS) is 26.2. The minimum Gasteiger partial charge on any atom is -0.396 e. The molecule has 5 N–H and O–H groups in total. The Labute approximate surface area is 112 Å². The Morgan fingerprint density at radius 2 is 2.15 bits per heavy atom. The summed E-state index contributed by atoms with van der Waals surface area (Å²) in [5.74, 6) is -1.39. The first-order valence-electron chi connectivity index (χ1n) is 6.01. The molecule has 0 fully saturated rings. The first kappa shape index (κ1) is 13.0. The van der Waals surface area contributed by atoms with Gasteiger partial charge in [-0.05, 0) is 0 Å². The average Bonchev–Trinajstić information content (AvgIpc) is 2.93. The molecule has 3 atom stereocenters. The van der Waals surface area contributed by atoms with Crippen LogP contribution >= 0.6 is 0 Å². The maximum absolute atomic E-state index is 13.4. The lowest BCUT2D eigenvalue weighted by Crippen LogP contribution is -2.30. The zero-order valence-electron chi connectivity index (χ0n) is 10.3.